The Morgan fingerprint density at radius 1 is 0.900 bits per heavy atom. The largest absolute Gasteiger partial charge is 0.490 e. The number of hydrogen-bond acceptors (Lipinski definition) is 8. The Bertz CT molecular complexity index is 1120. The Morgan fingerprint density at radius 3 is 2.33 bits per heavy atom. The number of piperazine rings is 1. The zero-order valence-corrected chi connectivity index (χ0v) is 23.4. The molecule has 2 aliphatic rings. The Balaban J connectivity index is 1.29. The molecule has 3 heterocycles. The van der Waals surface area contributed by atoms with Crippen LogP contribution < -0.4 is 4.74 Å². The van der Waals surface area contributed by atoms with Crippen molar-refractivity contribution in [3.63, 3.8) is 0 Å². The van der Waals surface area contributed by atoms with Crippen LogP contribution in [0.1, 0.15) is 39.2 Å². The number of pyridine rings is 1. The number of likely N-dealkylation sites (tertiary alicyclic amines) is 1. The van der Waals surface area contributed by atoms with Gasteiger partial charge in [0.25, 0.3) is 0 Å². The second-order valence-electron chi connectivity index (χ2n) is 10.9. The molecular formula is C29H38N4O7. The molecule has 0 N–H and O–H groups in total. The molecule has 0 aliphatic carbocycles. The molecule has 40 heavy (non-hydrogen) atoms. The molecule has 1 unspecified atom stereocenters. The first kappa shape index (κ1) is 29.0. The summed E-state index contributed by atoms with van der Waals surface area (Å²) in [6.07, 6.45) is 2.67. The smallest absolute Gasteiger partial charge is 0.410 e. The number of aromatic nitrogens is 1. The third kappa shape index (κ3) is 8.49. The average molecular weight is 555 g/mol. The third-order valence-corrected chi connectivity index (χ3v) is 6.62. The predicted octanol–water partition coefficient (Wildman–Crippen LogP) is 4.32. The molecule has 1 atom stereocenters. The maximum Gasteiger partial charge on any atom is 0.410 e. The molecule has 216 valence electrons. The first-order valence-corrected chi connectivity index (χ1v) is 13.6. The number of hydrogen-bond donors (Lipinski definition) is 0. The average Bonchev–Trinajstić information content (AvgIpc) is 2.95. The fourth-order valence-corrected chi connectivity index (χ4v) is 4.53. The van der Waals surface area contributed by atoms with E-state index in [1.54, 1.807) is 39.2 Å². The first-order chi connectivity index (χ1) is 19.2. The number of rotatable bonds is 6. The van der Waals surface area contributed by atoms with E-state index in [9.17, 15) is 14.4 Å². The molecule has 0 radical (unpaired) electrons. The summed E-state index contributed by atoms with van der Waals surface area (Å²) in [4.78, 5) is 47.4. The third-order valence-electron chi connectivity index (χ3n) is 6.62. The predicted molar refractivity (Wildman–Crippen MR) is 146 cm³/mol. The summed E-state index contributed by atoms with van der Waals surface area (Å²) < 4.78 is 22.7. The SMILES string of the molecule is CC(C)(C)OC(=O)N1CCN(C(=O)OC2CCN(C(=O)OCc3ccccc3)CC2)C(COc2cccnc2)C1. The van der Waals surface area contributed by atoms with Crippen molar-refractivity contribution in [3.05, 3.63) is 60.4 Å². The number of ether oxygens (including phenoxy) is 4. The molecule has 11 nitrogen and oxygen atoms in total. The first-order valence-electron chi connectivity index (χ1n) is 13.6. The van der Waals surface area contributed by atoms with E-state index in [-0.39, 0.29) is 38.5 Å². The number of benzene rings is 1. The lowest BCUT2D eigenvalue weighted by molar-refractivity contribution is -0.0172. The van der Waals surface area contributed by atoms with Gasteiger partial charge < -0.3 is 28.7 Å². The van der Waals surface area contributed by atoms with Crippen molar-refractivity contribution in [2.24, 2.45) is 0 Å². The van der Waals surface area contributed by atoms with Gasteiger partial charge in [0.15, 0.2) is 0 Å². The Hall–Kier alpha value is -4.02. The van der Waals surface area contributed by atoms with Gasteiger partial charge in [-0.1, -0.05) is 30.3 Å². The highest BCUT2D eigenvalue weighted by Gasteiger charge is 2.37. The van der Waals surface area contributed by atoms with Gasteiger partial charge in [-0.2, -0.15) is 0 Å². The molecule has 4 rings (SSSR count). The topological polar surface area (TPSA) is 111 Å². The number of carbonyl (C=O) groups excluding carboxylic acids is 3. The van der Waals surface area contributed by atoms with Gasteiger partial charge in [0, 0.05) is 51.8 Å². The molecule has 0 bridgehead atoms. The molecule has 0 saturated carbocycles. The molecule has 2 saturated heterocycles. The Kier molecular flexibility index (Phi) is 9.68. The van der Waals surface area contributed by atoms with E-state index in [0.717, 1.165) is 5.56 Å². The molecular weight excluding hydrogens is 516 g/mol. The zero-order chi connectivity index (χ0) is 28.5. The van der Waals surface area contributed by atoms with Crippen molar-refractivity contribution < 1.29 is 33.3 Å². The van der Waals surface area contributed by atoms with Crippen LogP contribution in [-0.2, 0) is 20.8 Å². The summed E-state index contributed by atoms with van der Waals surface area (Å²) in [6, 6.07) is 12.6. The van der Waals surface area contributed by atoms with E-state index in [0.29, 0.717) is 38.2 Å². The molecule has 2 fully saturated rings. The Labute approximate surface area is 234 Å². The summed E-state index contributed by atoms with van der Waals surface area (Å²) in [5.74, 6) is 0.566. The molecule has 1 aromatic heterocycles. The van der Waals surface area contributed by atoms with Crippen molar-refractivity contribution in [1.82, 2.24) is 19.7 Å². The van der Waals surface area contributed by atoms with Gasteiger partial charge in [0.1, 0.15) is 30.7 Å². The molecule has 2 aromatic rings. The van der Waals surface area contributed by atoms with Crippen LogP contribution in [0.15, 0.2) is 54.9 Å². The minimum absolute atomic E-state index is 0.159. The fourth-order valence-electron chi connectivity index (χ4n) is 4.53. The van der Waals surface area contributed by atoms with E-state index >= 15 is 0 Å². The minimum atomic E-state index is -0.627. The number of carbonyl (C=O) groups is 3. The van der Waals surface area contributed by atoms with Gasteiger partial charge in [-0.3, -0.25) is 9.88 Å². The van der Waals surface area contributed by atoms with Gasteiger partial charge in [-0.05, 0) is 38.5 Å². The van der Waals surface area contributed by atoms with Crippen LogP contribution in [-0.4, -0.2) is 95.0 Å². The van der Waals surface area contributed by atoms with Gasteiger partial charge in [0.05, 0.1) is 12.2 Å². The fraction of sp³-hybridized carbons (Fsp3) is 0.517. The standard InChI is InChI=1S/C29H38N4O7/c1-29(2,3)40-27(35)32-16-17-33(23(19-32)21-37-25-10-7-13-30-18-25)28(36)39-24-11-14-31(15-12-24)26(34)38-20-22-8-5-4-6-9-22/h4-10,13,18,23-24H,11-12,14-17,19-21H2,1-3H3. The molecule has 3 amide bonds. The Morgan fingerprint density at radius 2 is 1.65 bits per heavy atom. The van der Waals surface area contributed by atoms with Crippen LogP contribution in [0.5, 0.6) is 5.75 Å². The van der Waals surface area contributed by atoms with Gasteiger partial charge >= 0.3 is 18.3 Å². The van der Waals surface area contributed by atoms with Gasteiger partial charge in [0.2, 0.25) is 0 Å². The van der Waals surface area contributed by atoms with Crippen molar-refractivity contribution in [3.8, 4) is 5.75 Å². The normalized spacial score (nSPS) is 18.2. The van der Waals surface area contributed by atoms with Crippen LogP contribution in [0.2, 0.25) is 0 Å². The highest BCUT2D eigenvalue weighted by molar-refractivity contribution is 5.71. The summed E-state index contributed by atoms with van der Waals surface area (Å²) in [6.45, 7) is 7.54. The van der Waals surface area contributed by atoms with E-state index in [1.165, 1.54) is 0 Å². The molecule has 2 aliphatic heterocycles. The van der Waals surface area contributed by atoms with Crippen LogP contribution in [0, 0.1) is 0 Å². The molecule has 1 aromatic carbocycles. The highest BCUT2D eigenvalue weighted by atomic mass is 16.6. The van der Waals surface area contributed by atoms with Crippen LogP contribution in [0.3, 0.4) is 0 Å². The number of piperidine rings is 1. The molecule has 0 spiro atoms. The van der Waals surface area contributed by atoms with Crippen molar-refractivity contribution in [2.45, 2.75) is 58.0 Å². The van der Waals surface area contributed by atoms with Crippen molar-refractivity contribution in [2.75, 3.05) is 39.3 Å². The zero-order valence-electron chi connectivity index (χ0n) is 23.4. The lowest BCUT2D eigenvalue weighted by Gasteiger charge is -2.41. The van der Waals surface area contributed by atoms with E-state index in [2.05, 4.69) is 4.98 Å². The van der Waals surface area contributed by atoms with E-state index < -0.39 is 23.8 Å². The van der Waals surface area contributed by atoms with Crippen LogP contribution in [0.25, 0.3) is 0 Å². The second kappa shape index (κ2) is 13.4. The quantitative estimate of drug-likeness (QED) is 0.486. The van der Waals surface area contributed by atoms with Crippen LogP contribution in [0.4, 0.5) is 14.4 Å². The maximum atomic E-state index is 13.3. The lowest BCUT2D eigenvalue weighted by atomic mass is 10.1. The van der Waals surface area contributed by atoms with Gasteiger partial charge in [-0.25, -0.2) is 14.4 Å². The molecule has 11 heteroatoms. The highest BCUT2D eigenvalue weighted by Crippen LogP contribution is 2.21. The summed E-state index contributed by atoms with van der Waals surface area (Å²) >= 11 is 0. The van der Waals surface area contributed by atoms with Crippen molar-refractivity contribution in [1.29, 1.82) is 0 Å². The van der Waals surface area contributed by atoms with E-state index in [4.69, 9.17) is 18.9 Å². The maximum absolute atomic E-state index is 13.3. The van der Waals surface area contributed by atoms with Crippen molar-refractivity contribution >= 4 is 18.3 Å². The monoisotopic (exact) mass is 554 g/mol. The number of nitrogens with zero attached hydrogens (tertiary/aromatic N) is 4. The second-order valence-corrected chi connectivity index (χ2v) is 10.9. The summed E-state index contributed by atoms with van der Waals surface area (Å²) in [5, 5.41) is 0. The summed E-state index contributed by atoms with van der Waals surface area (Å²) in [7, 11) is 0. The lowest BCUT2D eigenvalue weighted by Crippen LogP contribution is -2.59. The summed E-state index contributed by atoms with van der Waals surface area (Å²) in [5.41, 5.74) is 0.297. The minimum Gasteiger partial charge on any atom is -0.490 e. The van der Waals surface area contributed by atoms with Crippen LogP contribution >= 0.6 is 0 Å². The number of amides is 3. The van der Waals surface area contributed by atoms with Gasteiger partial charge in [-0.15, -0.1) is 0 Å². The van der Waals surface area contributed by atoms with E-state index in [1.807, 2.05) is 51.1 Å².